The van der Waals surface area contributed by atoms with Crippen LogP contribution in [0.2, 0.25) is 0 Å². The van der Waals surface area contributed by atoms with Gasteiger partial charge in [-0.3, -0.25) is 0 Å². The van der Waals surface area contributed by atoms with Gasteiger partial charge in [0.1, 0.15) is 17.2 Å². The van der Waals surface area contributed by atoms with Crippen molar-refractivity contribution < 1.29 is 17.9 Å². The summed E-state index contributed by atoms with van der Waals surface area (Å²) in [5.41, 5.74) is 1.57. The molecule has 3 aromatic rings. The summed E-state index contributed by atoms with van der Waals surface area (Å²) >= 11 is 0. The maximum absolute atomic E-state index is 14.7. The minimum absolute atomic E-state index is 0.110. The van der Waals surface area contributed by atoms with E-state index in [0.29, 0.717) is 16.7 Å². The summed E-state index contributed by atoms with van der Waals surface area (Å²) in [4.78, 5) is 6.65. The molecule has 0 N–H and O–H groups in total. The molecule has 6 heteroatoms. The van der Waals surface area contributed by atoms with Crippen LogP contribution in [0.3, 0.4) is 0 Å². The Bertz CT molecular complexity index is 892. The van der Waals surface area contributed by atoms with Crippen molar-refractivity contribution in [3.05, 3.63) is 65.1 Å². The molecule has 0 amide bonds. The van der Waals surface area contributed by atoms with Crippen LogP contribution >= 0.6 is 0 Å². The van der Waals surface area contributed by atoms with E-state index in [1.54, 1.807) is 19.1 Å². The molecule has 142 valence electrons. The minimum atomic E-state index is -1.02. The van der Waals surface area contributed by atoms with Gasteiger partial charge in [-0.2, -0.15) is 0 Å². The lowest BCUT2D eigenvalue weighted by Crippen LogP contribution is -2.35. The first-order chi connectivity index (χ1) is 13.0. The Hall–Kier alpha value is -2.31. The summed E-state index contributed by atoms with van der Waals surface area (Å²) in [5, 5.41) is 0. The molecule has 0 radical (unpaired) electrons. The van der Waals surface area contributed by atoms with E-state index in [1.807, 2.05) is 19.2 Å². The first-order valence-corrected chi connectivity index (χ1v) is 9.16. The number of rotatable bonds is 4. The van der Waals surface area contributed by atoms with Crippen LogP contribution in [0, 0.1) is 18.6 Å². The highest BCUT2D eigenvalue weighted by Crippen LogP contribution is 2.34. The number of halogens is 2. The third-order valence-corrected chi connectivity index (χ3v) is 5.01. The van der Waals surface area contributed by atoms with Gasteiger partial charge in [0, 0.05) is 13.1 Å². The molecular formula is C21H22F2N2O2. The predicted molar refractivity (Wildman–Crippen MR) is 98.6 cm³/mol. The summed E-state index contributed by atoms with van der Waals surface area (Å²) in [6.07, 6.45) is 0.456. The zero-order valence-corrected chi connectivity index (χ0v) is 15.4. The van der Waals surface area contributed by atoms with Gasteiger partial charge in [-0.25, -0.2) is 13.8 Å². The molecule has 4 rings (SSSR count). The summed E-state index contributed by atoms with van der Waals surface area (Å²) < 4.78 is 41.4. The zero-order valence-electron chi connectivity index (χ0n) is 15.4. The van der Waals surface area contributed by atoms with Gasteiger partial charge >= 0.3 is 0 Å². The number of fused-ring (bicyclic) bond motifs is 1. The van der Waals surface area contributed by atoms with E-state index in [0.717, 1.165) is 25.9 Å². The third-order valence-electron chi connectivity index (χ3n) is 5.01. The van der Waals surface area contributed by atoms with E-state index in [-0.39, 0.29) is 17.6 Å². The Morgan fingerprint density at radius 3 is 2.48 bits per heavy atom. The number of piperidine rings is 1. The van der Waals surface area contributed by atoms with Crippen LogP contribution in [0.15, 0.2) is 40.8 Å². The number of oxazole rings is 1. The molecule has 0 spiro atoms. The normalized spacial score (nSPS) is 17.5. The quantitative estimate of drug-likeness (QED) is 0.670. The molecule has 4 nitrogen and oxygen atoms in total. The maximum atomic E-state index is 14.7. The number of aromatic nitrogens is 1. The SMILES string of the molecule is Cc1cc(F)c(C(OC2CCN(C)CC2)c2nc3ccccc3o2)c(F)c1. The number of hydrogen-bond acceptors (Lipinski definition) is 4. The third kappa shape index (κ3) is 3.73. The van der Waals surface area contributed by atoms with Crippen molar-refractivity contribution in [3.63, 3.8) is 0 Å². The highest BCUT2D eigenvalue weighted by molar-refractivity contribution is 5.72. The van der Waals surface area contributed by atoms with Crippen molar-refractivity contribution in [1.82, 2.24) is 9.88 Å². The van der Waals surface area contributed by atoms with E-state index < -0.39 is 17.7 Å². The lowest BCUT2D eigenvalue weighted by atomic mass is 10.0. The fourth-order valence-electron chi connectivity index (χ4n) is 3.53. The number of aryl methyl sites for hydroxylation is 1. The predicted octanol–water partition coefficient (Wildman–Crippen LogP) is 4.61. The van der Waals surface area contributed by atoms with Crippen LogP contribution in [-0.4, -0.2) is 36.1 Å². The molecule has 2 aromatic carbocycles. The Kier molecular flexibility index (Phi) is 4.93. The molecule has 0 bridgehead atoms. The zero-order chi connectivity index (χ0) is 19.0. The summed E-state index contributed by atoms with van der Waals surface area (Å²) in [6, 6.07) is 9.88. The molecule has 0 saturated carbocycles. The molecule has 2 heterocycles. The van der Waals surface area contributed by atoms with Crippen LogP contribution in [0.5, 0.6) is 0 Å². The molecule has 1 aliphatic heterocycles. The van der Waals surface area contributed by atoms with Crippen molar-refractivity contribution >= 4 is 11.1 Å². The van der Waals surface area contributed by atoms with Crippen molar-refractivity contribution in [3.8, 4) is 0 Å². The van der Waals surface area contributed by atoms with Crippen molar-refractivity contribution in [2.24, 2.45) is 0 Å². The van der Waals surface area contributed by atoms with Gasteiger partial charge in [-0.15, -0.1) is 0 Å². The summed E-state index contributed by atoms with van der Waals surface area (Å²) in [7, 11) is 2.05. The van der Waals surface area contributed by atoms with Gasteiger partial charge in [0.2, 0.25) is 5.89 Å². The highest BCUT2D eigenvalue weighted by Gasteiger charge is 2.31. The molecule has 1 saturated heterocycles. The molecule has 27 heavy (non-hydrogen) atoms. The molecule has 1 unspecified atom stereocenters. The number of para-hydroxylation sites is 2. The van der Waals surface area contributed by atoms with Crippen LogP contribution in [0.1, 0.15) is 36.0 Å². The smallest absolute Gasteiger partial charge is 0.229 e. The molecule has 0 aliphatic carbocycles. The number of ether oxygens (including phenoxy) is 1. The topological polar surface area (TPSA) is 38.5 Å². The second-order valence-corrected chi connectivity index (χ2v) is 7.18. The first-order valence-electron chi connectivity index (χ1n) is 9.16. The number of likely N-dealkylation sites (tertiary alicyclic amines) is 1. The van der Waals surface area contributed by atoms with E-state index >= 15 is 0 Å². The Labute approximate surface area is 156 Å². The van der Waals surface area contributed by atoms with E-state index in [2.05, 4.69) is 9.88 Å². The average molecular weight is 372 g/mol. The lowest BCUT2D eigenvalue weighted by molar-refractivity contribution is -0.0355. The number of benzene rings is 2. The average Bonchev–Trinajstić information content (AvgIpc) is 3.05. The fourth-order valence-corrected chi connectivity index (χ4v) is 3.53. The van der Waals surface area contributed by atoms with Gasteiger partial charge in [-0.05, 0) is 56.6 Å². The van der Waals surface area contributed by atoms with Crippen molar-refractivity contribution in [1.29, 1.82) is 0 Å². The maximum Gasteiger partial charge on any atom is 0.229 e. The van der Waals surface area contributed by atoms with E-state index in [4.69, 9.17) is 9.15 Å². The Morgan fingerprint density at radius 2 is 1.81 bits per heavy atom. The molecule has 1 aromatic heterocycles. The largest absolute Gasteiger partial charge is 0.437 e. The van der Waals surface area contributed by atoms with Crippen LogP contribution in [0.25, 0.3) is 11.1 Å². The second-order valence-electron chi connectivity index (χ2n) is 7.18. The molecule has 1 atom stereocenters. The van der Waals surface area contributed by atoms with Gasteiger partial charge in [0.15, 0.2) is 11.7 Å². The summed E-state index contributed by atoms with van der Waals surface area (Å²) in [5.74, 6) is -1.11. The van der Waals surface area contributed by atoms with Crippen LogP contribution in [-0.2, 0) is 4.74 Å². The van der Waals surface area contributed by atoms with Crippen LogP contribution in [0.4, 0.5) is 8.78 Å². The lowest BCUT2D eigenvalue weighted by Gasteiger charge is -2.31. The van der Waals surface area contributed by atoms with Gasteiger partial charge in [0.25, 0.3) is 0 Å². The van der Waals surface area contributed by atoms with Gasteiger partial charge in [0.05, 0.1) is 11.7 Å². The summed E-state index contributed by atoms with van der Waals surface area (Å²) in [6.45, 7) is 3.41. The van der Waals surface area contributed by atoms with Crippen molar-refractivity contribution in [2.75, 3.05) is 20.1 Å². The van der Waals surface area contributed by atoms with E-state index in [9.17, 15) is 8.78 Å². The van der Waals surface area contributed by atoms with Crippen molar-refractivity contribution in [2.45, 2.75) is 32.0 Å². The second kappa shape index (κ2) is 7.37. The standard InChI is InChI=1S/C21H22F2N2O2/c1-13-11-15(22)19(16(23)12-13)20(26-14-7-9-25(2)10-8-14)21-24-17-5-3-4-6-18(17)27-21/h3-6,11-12,14,20H,7-10H2,1-2H3. The van der Waals surface area contributed by atoms with Crippen LogP contribution < -0.4 is 0 Å². The van der Waals surface area contributed by atoms with Gasteiger partial charge < -0.3 is 14.1 Å². The highest BCUT2D eigenvalue weighted by atomic mass is 19.1. The fraction of sp³-hybridized carbons (Fsp3) is 0.381. The van der Waals surface area contributed by atoms with Gasteiger partial charge in [-0.1, -0.05) is 12.1 Å². The number of hydrogen-bond donors (Lipinski definition) is 0. The minimum Gasteiger partial charge on any atom is -0.437 e. The van der Waals surface area contributed by atoms with E-state index in [1.165, 1.54) is 12.1 Å². The number of nitrogens with zero attached hydrogens (tertiary/aromatic N) is 2. The molecule has 1 fully saturated rings. The Morgan fingerprint density at radius 1 is 1.15 bits per heavy atom. The Balaban J connectivity index is 1.75. The monoisotopic (exact) mass is 372 g/mol. The molecular weight excluding hydrogens is 350 g/mol. The molecule has 1 aliphatic rings. The first kappa shape index (κ1) is 18.1.